The molecule has 1 fully saturated rings. The van der Waals surface area contributed by atoms with Crippen LogP contribution in [0.4, 0.5) is 4.39 Å². The van der Waals surface area contributed by atoms with Gasteiger partial charge in [0.25, 0.3) is 5.56 Å². The number of hydrogen-bond acceptors (Lipinski definition) is 6. The molecule has 0 spiro atoms. The largest absolute Gasteiger partial charge is 0.502 e. The lowest BCUT2D eigenvalue weighted by Gasteiger charge is -2.19. The van der Waals surface area contributed by atoms with Crippen molar-refractivity contribution in [3.05, 3.63) is 93.2 Å². The van der Waals surface area contributed by atoms with E-state index in [0.29, 0.717) is 24.8 Å². The zero-order valence-corrected chi connectivity index (χ0v) is 21.9. The van der Waals surface area contributed by atoms with Crippen LogP contribution in [0.2, 0.25) is 0 Å². The first-order valence-electron chi connectivity index (χ1n) is 13.0. The third kappa shape index (κ3) is 7.75. The molecule has 1 aromatic heterocycles. The van der Waals surface area contributed by atoms with Gasteiger partial charge in [0.1, 0.15) is 6.17 Å². The van der Waals surface area contributed by atoms with Crippen molar-refractivity contribution in [1.29, 1.82) is 0 Å². The number of H-pyrrole nitrogens is 1. The highest BCUT2D eigenvalue weighted by Crippen LogP contribution is 2.23. The Kier molecular flexibility index (Phi) is 9.66. The predicted octanol–water partition coefficient (Wildman–Crippen LogP) is 3.37. The Labute approximate surface area is 223 Å². The van der Waals surface area contributed by atoms with Crippen molar-refractivity contribution in [2.45, 2.75) is 44.5 Å². The maximum absolute atomic E-state index is 13.3. The van der Waals surface area contributed by atoms with Crippen molar-refractivity contribution in [2.24, 2.45) is 0 Å². The predicted molar refractivity (Wildman–Crippen MR) is 146 cm³/mol. The molecule has 7 nitrogen and oxygen atoms in total. The summed E-state index contributed by atoms with van der Waals surface area (Å²) < 4.78 is 18.8. The minimum atomic E-state index is -0.975. The fourth-order valence-electron chi connectivity index (χ4n) is 4.64. The lowest BCUT2D eigenvalue weighted by Crippen LogP contribution is -2.28. The van der Waals surface area contributed by atoms with Gasteiger partial charge in [-0.1, -0.05) is 36.1 Å². The zero-order valence-electron chi connectivity index (χ0n) is 21.9. The molecule has 38 heavy (non-hydrogen) atoms. The van der Waals surface area contributed by atoms with Gasteiger partial charge < -0.3 is 20.1 Å². The number of nitrogens with zero attached hydrogens (tertiary/aromatic N) is 2. The second-order valence-electron chi connectivity index (χ2n) is 9.82. The minimum Gasteiger partial charge on any atom is -0.502 e. The van der Waals surface area contributed by atoms with Gasteiger partial charge in [-0.25, -0.2) is 9.37 Å². The van der Waals surface area contributed by atoms with Crippen LogP contribution < -0.4 is 10.9 Å². The summed E-state index contributed by atoms with van der Waals surface area (Å²) in [6.07, 6.45) is 2.06. The average Bonchev–Trinajstić information content (AvgIpc) is 3.38. The standard InChI is InChI=1S/C30H35FN4O3/c1-21(31)16-32-17-26(15-28-29(36)30(37)34-20-33-28)25-11-9-23(10-12-25)4-3-22-5-7-24(8-6-22)18-35-14-13-27(19-35)38-2/h5-12,20-21,26-27,32,36H,13-19H2,1-2H3,(H,33,34,37)/t21?,26-,27?/m1/s1. The van der Waals surface area contributed by atoms with Crippen molar-refractivity contribution in [3.8, 4) is 17.6 Å². The Bertz CT molecular complexity index is 1300. The molecule has 2 aromatic carbocycles. The molecule has 3 aromatic rings. The van der Waals surface area contributed by atoms with Gasteiger partial charge in [0, 0.05) is 63.3 Å². The molecular formula is C30H35FN4O3. The second kappa shape index (κ2) is 13.3. The van der Waals surface area contributed by atoms with E-state index in [1.165, 1.54) is 18.8 Å². The number of benzene rings is 2. The van der Waals surface area contributed by atoms with Gasteiger partial charge in [-0.3, -0.25) is 9.69 Å². The third-order valence-electron chi connectivity index (χ3n) is 6.82. The van der Waals surface area contributed by atoms with Gasteiger partial charge in [-0.2, -0.15) is 0 Å². The lowest BCUT2D eigenvalue weighted by atomic mass is 9.93. The number of likely N-dealkylation sites (tertiary alicyclic amines) is 1. The van der Waals surface area contributed by atoms with Crippen LogP contribution >= 0.6 is 0 Å². The topological polar surface area (TPSA) is 90.5 Å². The number of aromatic nitrogens is 2. The van der Waals surface area contributed by atoms with E-state index < -0.39 is 11.7 Å². The number of methoxy groups -OCH3 is 1. The first kappa shape index (κ1) is 27.5. The van der Waals surface area contributed by atoms with Crippen LogP contribution in [0.15, 0.2) is 59.7 Å². The van der Waals surface area contributed by atoms with Crippen LogP contribution in [0, 0.1) is 11.8 Å². The molecule has 8 heteroatoms. The van der Waals surface area contributed by atoms with E-state index in [-0.39, 0.29) is 18.2 Å². The maximum atomic E-state index is 13.3. The summed E-state index contributed by atoms with van der Waals surface area (Å²) >= 11 is 0. The molecule has 3 N–H and O–H groups in total. The fraction of sp³-hybridized carbons (Fsp3) is 0.400. The van der Waals surface area contributed by atoms with Crippen LogP contribution in [-0.2, 0) is 17.7 Å². The van der Waals surface area contributed by atoms with E-state index >= 15 is 0 Å². The third-order valence-corrected chi connectivity index (χ3v) is 6.82. The Morgan fingerprint density at radius 3 is 2.47 bits per heavy atom. The van der Waals surface area contributed by atoms with Crippen molar-refractivity contribution in [2.75, 3.05) is 33.3 Å². The van der Waals surface area contributed by atoms with Crippen LogP contribution in [-0.4, -0.2) is 65.5 Å². The van der Waals surface area contributed by atoms with Gasteiger partial charge in [0.15, 0.2) is 0 Å². The van der Waals surface area contributed by atoms with Crippen molar-refractivity contribution >= 4 is 0 Å². The summed E-state index contributed by atoms with van der Waals surface area (Å²) in [7, 11) is 1.78. The van der Waals surface area contributed by atoms with Gasteiger partial charge in [-0.05, 0) is 48.7 Å². The van der Waals surface area contributed by atoms with Gasteiger partial charge in [0.05, 0.1) is 18.1 Å². The number of alkyl halides is 1. The number of nitrogens with one attached hydrogen (secondary N) is 2. The number of rotatable bonds is 10. The van der Waals surface area contributed by atoms with E-state index in [1.807, 2.05) is 24.3 Å². The molecule has 0 aliphatic carbocycles. The van der Waals surface area contributed by atoms with Crippen molar-refractivity contribution in [3.63, 3.8) is 0 Å². The Morgan fingerprint density at radius 1 is 1.16 bits per heavy atom. The summed E-state index contributed by atoms with van der Waals surface area (Å²) in [4.78, 5) is 20.7. The molecule has 1 saturated heterocycles. The van der Waals surface area contributed by atoms with Crippen LogP contribution in [0.1, 0.15) is 47.2 Å². The Balaban J connectivity index is 1.41. The molecule has 2 heterocycles. The molecule has 1 aliphatic rings. The van der Waals surface area contributed by atoms with E-state index in [1.54, 1.807) is 7.11 Å². The number of aromatic amines is 1. The molecule has 4 rings (SSSR count). The molecule has 0 amide bonds. The summed E-state index contributed by atoms with van der Waals surface area (Å²) in [5, 5.41) is 13.2. The number of halogens is 1. The molecule has 0 saturated carbocycles. The highest BCUT2D eigenvalue weighted by atomic mass is 19.1. The molecule has 3 atom stereocenters. The highest BCUT2D eigenvalue weighted by molar-refractivity contribution is 5.44. The molecule has 0 radical (unpaired) electrons. The van der Waals surface area contributed by atoms with Crippen LogP contribution in [0.3, 0.4) is 0 Å². The van der Waals surface area contributed by atoms with Crippen LogP contribution in [0.25, 0.3) is 0 Å². The molecule has 1 aliphatic heterocycles. The van der Waals surface area contributed by atoms with Crippen molar-refractivity contribution < 1.29 is 14.2 Å². The Hall–Kier alpha value is -3.51. The summed E-state index contributed by atoms with van der Waals surface area (Å²) in [5.74, 6) is 5.95. The fourth-order valence-corrected chi connectivity index (χ4v) is 4.64. The quantitative estimate of drug-likeness (QED) is 0.357. The Morgan fingerprint density at radius 2 is 1.84 bits per heavy atom. The number of hydrogen-bond donors (Lipinski definition) is 3. The van der Waals surface area contributed by atoms with E-state index in [4.69, 9.17) is 4.74 Å². The van der Waals surface area contributed by atoms with Crippen molar-refractivity contribution in [1.82, 2.24) is 20.2 Å². The molecule has 2 unspecified atom stereocenters. The summed E-state index contributed by atoms with van der Waals surface area (Å²) in [6, 6.07) is 16.2. The zero-order chi connectivity index (χ0) is 26.9. The lowest BCUT2D eigenvalue weighted by molar-refractivity contribution is 0.107. The normalized spacial score (nSPS) is 17.1. The van der Waals surface area contributed by atoms with Gasteiger partial charge in [0.2, 0.25) is 5.75 Å². The first-order valence-corrected chi connectivity index (χ1v) is 13.0. The van der Waals surface area contributed by atoms with Gasteiger partial charge in [-0.15, -0.1) is 0 Å². The van der Waals surface area contributed by atoms with Gasteiger partial charge >= 0.3 is 0 Å². The van der Waals surface area contributed by atoms with E-state index in [0.717, 1.165) is 42.7 Å². The SMILES string of the molecule is COC1CCN(Cc2ccc(C#Cc3ccc([C@@H](CNCC(C)F)Cc4nc[nH]c(=O)c4O)cc3)cc2)C1. The summed E-state index contributed by atoms with van der Waals surface area (Å²) in [6.45, 7) is 5.14. The highest BCUT2D eigenvalue weighted by Gasteiger charge is 2.21. The average molecular weight is 519 g/mol. The monoisotopic (exact) mass is 518 g/mol. The van der Waals surface area contributed by atoms with Crippen LogP contribution in [0.5, 0.6) is 5.75 Å². The number of aromatic hydroxyl groups is 1. The molecule has 200 valence electrons. The minimum absolute atomic E-state index is 0.113. The first-order chi connectivity index (χ1) is 18.4. The smallest absolute Gasteiger partial charge is 0.293 e. The van der Waals surface area contributed by atoms with E-state index in [2.05, 4.69) is 56.3 Å². The molecule has 0 bridgehead atoms. The number of ether oxygens (including phenoxy) is 1. The van der Waals surface area contributed by atoms with E-state index in [9.17, 15) is 14.3 Å². The summed E-state index contributed by atoms with van der Waals surface area (Å²) in [5.41, 5.74) is 3.81. The maximum Gasteiger partial charge on any atom is 0.293 e. The molecular weight excluding hydrogens is 483 g/mol. The second-order valence-corrected chi connectivity index (χ2v) is 9.82.